The number of methoxy groups -OCH3 is 1. The van der Waals surface area contributed by atoms with Gasteiger partial charge >= 0.3 is 0 Å². The SMILES string of the molecule is COCC(=O)N1CC2CCNC2C1. The number of amides is 1. The Kier molecular flexibility index (Phi) is 2.51. The van der Waals surface area contributed by atoms with Crippen LogP contribution >= 0.6 is 0 Å². The molecule has 2 unspecified atom stereocenters. The number of nitrogens with one attached hydrogen (secondary N) is 1. The Balaban J connectivity index is 1.87. The van der Waals surface area contributed by atoms with Gasteiger partial charge in [-0.1, -0.05) is 0 Å². The molecule has 2 aliphatic heterocycles. The van der Waals surface area contributed by atoms with E-state index in [1.54, 1.807) is 7.11 Å². The monoisotopic (exact) mass is 184 g/mol. The van der Waals surface area contributed by atoms with Crippen LogP contribution in [0.5, 0.6) is 0 Å². The van der Waals surface area contributed by atoms with Crippen LogP contribution in [0.25, 0.3) is 0 Å². The van der Waals surface area contributed by atoms with Crippen LogP contribution in [0.1, 0.15) is 6.42 Å². The molecule has 0 aromatic heterocycles. The van der Waals surface area contributed by atoms with Crippen molar-refractivity contribution in [1.29, 1.82) is 0 Å². The minimum atomic E-state index is 0.124. The first kappa shape index (κ1) is 8.97. The zero-order valence-electron chi connectivity index (χ0n) is 7.95. The average Bonchev–Trinajstić information content (AvgIpc) is 2.61. The van der Waals surface area contributed by atoms with Gasteiger partial charge in [0.05, 0.1) is 0 Å². The zero-order chi connectivity index (χ0) is 9.26. The highest BCUT2D eigenvalue weighted by molar-refractivity contribution is 5.77. The lowest BCUT2D eigenvalue weighted by Crippen LogP contribution is -2.35. The van der Waals surface area contributed by atoms with Crippen molar-refractivity contribution in [1.82, 2.24) is 10.2 Å². The Morgan fingerprint density at radius 3 is 3.15 bits per heavy atom. The first-order valence-corrected chi connectivity index (χ1v) is 4.81. The van der Waals surface area contributed by atoms with Crippen LogP contribution < -0.4 is 5.32 Å². The number of likely N-dealkylation sites (tertiary alicyclic amines) is 1. The molecular formula is C9H16N2O2. The fourth-order valence-corrected chi connectivity index (χ4v) is 2.27. The van der Waals surface area contributed by atoms with Crippen molar-refractivity contribution < 1.29 is 9.53 Å². The first-order valence-electron chi connectivity index (χ1n) is 4.81. The van der Waals surface area contributed by atoms with E-state index in [1.807, 2.05) is 4.90 Å². The summed E-state index contributed by atoms with van der Waals surface area (Å²) in [4.78, 5) is 13.4. The minimum absolute atomic E-state index is 0.124. The second-order valence-electron chi connectivity index (χ2n) is 3.84. The van der Waals surface area contributed by atoms with Crippen LogP contribution in [0.2, 0.25) is 0 Å². The molecule has 4 heteroatoms. The van der Waals surface area contributed by atoms with E-state index in [-0.39, 0.29) is 12.5 Å². The van der Waals surface area contributed by atoms with E-state index in [2.05, 4.69) is 5.32 Å². The molecule has 0 aliphatic carbocycles. The topological polar surface area (TPSA) is 41.6 Å². The molecule has 2 rings (SSSR count). The van der Waals surface area contributed by atoms with Crippen molar-refractivity contribution in [3.63, 3.8) is 0 Å². The number of hydrogen-bond donors (Lipinski definition) is 1. The van der Waals surface area contributed by atoms with E-state index in [0.29, 0.717) is 12.0 Å². The summed E-state index contributed by atoms with van der Waals surface area (Å²) in [6.07, 6.45) is 1.21. The first-order chi connectivity index (χ1) is 6.31. The van der Waals surface area contributed by atoms with Crippen molar-refractivity contribution in [2.24, 2.45) is 5.92 Å². The molecule has 0 saturated carbocycles. The Labute approximate surface area is 78.2 Å². The van der Waals surface area contributed by atoms with Crippen LogP contribution in [-0.2, 0) is 9.53 Å². The Morgan fingerprint density at radius 2 is 2.46 bits per heavy atom. The third-order valence-corrected chi connectivity index (χ3v) is 2.98. The molecule has 74 valence electrons. The number of carbonyl (C=O) groups is 1. The summed E-state index contributed by atoms with van der Waals surface area (Å²) in [6, 6.07) is 0.542. The van der Waals surface area contributed by atoms with Crippen molar-refractivity contribution >= 4 is 5.91 Å². The number of rotatable bonds is 2. The highest BCUT2D eigenvalue weighted by atomic mass is 16.5. The molecule has 13 heavy (non-hydrogen) atoms. The summed E-state index contributed by atoms with van der Waals surface area (Å²) in [5, 5.41) is 3.41. The fourth-order valence-electron chi connectivity index (χ4n) is 2.27. The molecular weight excluding hydrogens is 168 g/mol. The largest absolute Gasteiger partial charge is 0.375 e. The van der Waals surface area contributed by atoms with Gasteiger partial charge in [-0.05, 0) is 18.9 Å². The number of fused-ring (bicyclic) bond motifs is 1. The highest BCUT2D eigenvalue weighted by Crippen LogP contribution is 2.24. The molecule has 2 fully saturated rings. The fraction of sp³-hybridized carbons (Fsp3) is 0.889. The third kappa shape index (κ3) is 1.69. The Bertz CT molecular complexity index is 196. The third-order valence-electron chi connectivity index (χ3n) is 2.98. The van der Waals surface area contributed by atoms with Gasteiger partial charge in [-0.3, -0.25) is 4.79 Å². The lowest BCUT2D eigenvalue weighted by molar-refractivity contribution is -0.134. The average molecular weight is 184 g/mol. The Hall–Kier alpha value is -0.610. The van der Waals surface area contributed by atoms with Gasteiger partial charge in [-0.2, -0.15) is 0 Å². The molecule has 0 aromatic carbocycles. The maximum atomic E-state index is 11.4. The molecule has 2 heterocycles. The molecule has 0 radical (unpaired) electrons. The van der Waals surface area contributed by atoms with Gasteiger partial charge in [0.2, 0.25) is 5.91 Å². The minimum Gasteiger partial charge on any atom is -0.375 e. The summed E-state index contributed by atoms with van der Waals surface area (Å²) >= 11 is 0. The summed E-state index contributed by atoms with van der Waals surface area (Å²) in [7, 11) is 1.56. The molecule has 1 amide bonds. The molecule has 2 atom stereocenters. The standard InChI is InChI=1S/C9H16N2O2/c1-13-6-9(12)11-4-7-2-3-10-8(7)5-11/h7-8,10H,2-6H2,1H3. The summed E-state index contributed by atoms with van der Waals surface area (Å²) in [6.45, 7) is 3.12. The predicted molar refractivity (Wildman–Crippen MR) is 48.4 cm³/mol. The quantitative estimate of drug-likeness (QED) is 0.626. The smallest absolute Gasteiger partial charge is 0.248 e. The summed E-state index contributed by atoms with van der Waals surface area (Å²) in [5.74, 6) is 0.805. The van der Waals surface area contributed by atoms with E-state index in [0.717, 1.165) is 19.6 Å². The van der Waals surface area contributed by atoms with Crippen molar-refractivity contribution in [3.05, 3.63) is 0 Å². The van der Waals surface area contributed by atoms with Gasteiger partial charge < -0.3 is 15.0 Å². The van der Waals surface area contributed by atoms with Gasteiger partial charge in [-0.25, -0.2) is 0 Å². The number of carbonyl (C=O) groups excluding carboxylic acids is 1. The second kappa shape index (κ2) is 3.64. The highest BCUT2D eigenvalue weighted by Gasteiger charge is 2.37. The maximum Gasteiger partial charge on any atom is 0.248 e. The number of hydrogen-bond acceptors (Lipinski definition) is 3. The van der Waals surface area contributed by atoms with Crippen LogP contribution in [-0.4, -0.2) is 50.2 Å². The number of nitrogens with zero attached hydrogens (tertiary/aromatic N) is 1. The molecule has 0 spiro atoms. The summed E-state index contributed by atoms with van der Waals surface area (Å²) < 4.78 is 4.83. The normalized spacial score (nSPS) is 32.2. The molecule has 4 nitrogen and oxygen atoms in total. The predicted octanol–water partition coefficient (Wildman–Crippen LogP) is -0.547. The molecule has 2 saturated heterocycles. The Morgan fingerprint density at radius 1 is 1.62 bits per heavy atom. The molecule has 1 N–H and O–H groups in total. The molecule has 2 aliphatic rings. The van der Waals surface area contributed by atoms with Crippen molar-refractivity contribution in [3.8, 4) is 0 Å². The van der Waals surface area contributed by atoms with Crippen molar-refractivity contribution in [2.45, 2.75) is 12.5 Å². The van der Waals surface area contributed by atoms with E-state index in [1.165, 1.54) is 6.42 Å². The lowest BCUT2D eigenvalue weighted by Gasteiger charge is -2.16. The van der Waals surface area contributed by atoms with Crippen LogP contribution in [0.4, 0.5) is 0 Å². The molecule has 0 aromatic rings. The molecule has 0 bridgehead atoms. The van der Waals surface area contributed by atoms with Gasteiger partial charge in [0, 0.05) is 26.2 Å². The maximum absolute atomic E-state index is 11.4. The van der Waals surface area contributed by atoms with E-state index in [9.17, 15) is 4.79 Å². The van der Waals surface area contributed by atoms with Gasteiger partial charge in [-0.15, -0.1) is 0 Å². The van der Waals surface area contributed by atoms with Crippen LogP contribution in [0.15, 0.2) is 0 Å². The van der Waals surface area contributed by atoms with Crippen LogP contribution in [0, 0.1) is 5.92 Å². The van der Waals surface area contributed by atoms with Crippen molar-refractivity contribution in [2.75, 3.05) is 33.4 Å². The van der Waals surface area contributed by atoms with Crippen LogP contribution in [0.3, 0.4) is 0 Å². The second-order valence-corrected chi connectivity index (χ2v) is 3.84. The summed E-state index contributed by atoms with van der Waals surface area (Å²) in [5.41, 5.74) is 0. The van der Waals surface area contributed by atoms with Gasteiger partial charge in [0.15, 0.2) is 0 Å². The lowest BCUT2D eigenvalue weighted by atomic mass is 10.1. The zero-order valence-corrected chi connectivity index (χ0v) is 7.95. The van der Waals surface area contributed by atoms with Gasteiger partial charge in [0.25, 0.3) is 0 Å². The van der Waals surface area contributed by atoms with Gasteiger partial charge in [0.1, 0.15) is 6.61 Å². The van der Waals surface area contributed by atoms with E-state index in [4.69, 9.17) is 4.74 Å². The van der Waals surface area contributed by atoms with E-state index < -0.39 is 0 Å². The van der Waals surface area contributed by atoms with E-state index >= 15 is 0 Å². The number of ether oxygens (including phenoxy) is 1.